The first-order valence-electron chi connectivity index (χ1n) is 7.42. The summed E-state index contributed by atoms with van der Waals surface area (Å²) in [5, 5.41) is 3.99. The van der Waals surface area contributed by atoms with Crippen molar-refractivity contribution in [2.24, 2.45) is 0 Å². The third kappa shape index (κ3) is 3.31. The molecule has 0 aliphatic heterocycles. The van der Waals surface area contributed by atoms with Crippen molar-refractivity contribution < 1.29 is 4.79 Å². The van der Waals surface area contributed by atoms with Crippen LogP contribution in [0.4, 0.5) is 5.69 Å². The van der Waals surface area contributed by atoms with Gasteiger partial charge in [-0.25, -0.2) is 0 Å². The molecule has 0 fully saturated rings. The number of nitrogens with zero attached hydrogens (tertiary/aromatic N) is 1. The van der Waals surface area contributed by atoms with E-state index in [0.29, 0.717) is 6.42 Å². The molecule has 3 rings (SSSR count). The van der Waals surface area contributed by atoms with E-state index in [1.807, 2.05) is 48.5 Å². The number of pyridine rings is 1. The topological polar surface area (TPSA) is 42.0 Å². The fraction of sp³-hybridized carbons (Fsp3) is 0.158. The van der Waals surface area contributed by atoms with Crippen LogP contribution in [0.25, 0.3) is 10.9 Å². The smallest absolute Gasteiger partial charge is 0.224 e. The average molecular weight is 290 g/mol. The zero-order valence-corrected chi connectivity index (χ0v) is 12.5. The molecule has 0 aliphatic carbocycles. The van der Waals surface area contributed by atoms with E-state index in [9.17, 15) is 4.79 Å². The number of fused-ring (bicyclic) bond motifs is 1. The number of carbonyl (C=O) groups is 1. The number of amides is 1. The van der Waals surface area contributed by atoms with Crippen LogP contribution >= 0.6 is 0 Å². The summed E-state index contributed by atoms with van der Waals surface area (Å²) in [6, 6.07) is 19.7. The monoisotopic (exact) mass is 290 g/mol. The number of hydrogen-bond donors (Lipinski definition) is 1. The molecule has 0 spiro atoms. The summed E-state index contributed by atoms with van der Waals surface area (Å²) in [7, 11) is 0. The first kappa shape index (κ1) is 14.3. The van der Waals surface area contributed by atoms with E-state index in [0.717, 1.165) is 16.6 Å². The van der Waals surface area contributed by atoms with Gasteiger partial charge in [-0.15, -0.1) is 0 Å². The Morgan fingerprint density at radius 3 is 2.73 bits per heavy atom. The van der Waals surface area contributed by atoms with Crippen molar-refractivity contribution in [1.82, 2.24) is 4.98 Å². The number of nitrogens with one attached hydrogen (secondary N) is 1. The molecule has 2 aromatic carbocycles. The van der Waals surface area contributed by atoms with Crippen LogP contribution in [0.1, 0.15) is 24.8 Å². The van der Waals surface area contributed by atoms with Gasteiger partial charge in [0.2, 0.25) is 5.91 Å². The predicted octanol–water partition coefficient (Wildman–Crippen LogP) is 4.37. The highest BCUT2D eigenvalue weighted by molar-refractivity contribution is 5.93. The van der Waals surface area contributed by atoms with Crippen LogP contribution in [0.15, 0.2) is 66.9 Å². The Balaban J connectivity index is 1.68. The molecule has 1 heterocycles. The molecule has 1 amide bonds. The Labute approximate surface area is 130 Å². The number of carbonyl (C=O) groups excluding carboxylic acids is 1. The summed E-state index contributed by atoms with van der Waals surface area (Å²) in [4.78, 5) is 16.5. The maximum atomic E-state index is 12.2. The third-order valence-corrected chi connectivity index (χ3v) is 3.75. The van der Waals surface area contributed by atoms with Gasteiger partial charge in [-0.05, 0) is 35.7 Å². The van der Waals surface area contributed by atoms with E-state index >= 15 is 0 Å². The Morgan fingerprint density at radius 2 is 1.91 bits per heavy atom. The zero-order valence-electron chi connectivity index (χ0n) is 12.5. The summed E-state index contributed by atoms with van der Waals surface area (Å²) >= 11 is 0. The Hall–Kier alpha value is -2.68. The summed E-state index contributed by atoms with van der Waals surface area (Å²) in [5.41, 5.74) is 2.92. The minimum atomic E-state index is 0.0274. The standard InChI is InChI=1S/C19H18N2O/c1-14(15-6-3-2-4-7-15)12-19(22)21-17-9-10-18-16(13-17)8-5-11-20-18/h2-11,13-14H,12H2,1H3,(H,21,22). The largest absolute Gasteiger partial charge is 0.326 e. The summed E-state index contributed by atoms with van der Waals surface area (Å²) in [5.74, 6) is 0.225. The highest BCUT2D eigenvalue weighted by Gasteiger charge is 2.11. The molecule has 110 valence electrons. The van der Waals surface area contributed by atoms with Gasteiger partial charge in [-0.2, -0.15) is 0 Å². The lowest BCUT2D eigenvalue weighted by Gasteiger charge is -2.12. The van der Waals surface area contributed by atoms with E-state index < -0.39 is 0 Å². The van der Waals surface area contributed by atoms with Crippen LogP contribution in [-0.4, -0.2) is 10.9 Å². The van der Waals surface area contributed by atoms with Gasteiger partial charge in [0.1, 0.15) is 0 Å². The van der Waals surface area contributed by atoms with E-state index in [-0.39, 0.29) is 11.8 Å². The second-order valence-electron chi connectivity index (χ2n) is 5.47. The van der Waals surface area contributed by atoms with Crippen LogP contribution in [0.5, 0.6) is 0 Å². The van der Waals surface area contributed by atoms with Crippen molar-refractivity contribution in [3.63, 3.8) is 0 Å². The predicted molar refractivity (Wildman–Crippen MR) is 89.8 cm³/mol. The number of anilines is 1. The maximum Gasteiger partial charge on any atom is 0.224 e. The van der Waals surface area contributed by atoms with E-state index in [1.54, 1.807) is 6.20 Å². The second kappa shape index (κ2) is 6.39. The molecule has 0 bridgehead atoms. The molecule has 0 aliphatic rings. The van der Waals surface area contributed by atoms with E-state index in [4.69, 9.17) is 0 Å². The van der Waals surface area contributed by atoms with Gasteiger partial charge < -0.3 is 5.32 Å². The summed E-state index contributed by atoms with van der Waals surface area (Å²) in [6.45, 7) is 2.07. The number of hydrogen-bond acceptors (Lipinski definition) is 2. The van der Waals surface area contributed by atoms with Crippen molar-refractivity contribution in [3.8, 4) is 0 Å². The molecule has 3 aromatic rings. The lowest BCUT2D eigenvalue weighted by atomic mass is 9.97. The Kier molecular flexibility index (Phi) is 4.15. The lowest BCUT2D eigenvalue weighted by Crippen LogP contribution is -2.14. The molecule has 1 N–H and O–H groups in total. The van der Waals surface area contributed by atoms with Gasteiger partial charge in [0, 0.05) is 23.7 Å². The molecule has 3 nitrogen and oxygen atoms in total. The average Bonchev–Trinajstić information content (AvgIpc) is 2.55. The molecule has 22 heavy (non-hydrogen) atoms. The molecule has 1 unspecified atom stereocenters. The quantitative estimate of drug-likeness (QED) is 0.775. The first-order chi connectivity index (χ1) is 10.7. The molecular weight excluding hydrogens is 272 g/mol. The molecule has 0 saturated heterocycles. The van der Waals surface area contributed by atoms with Crippen molar-refractivity contribution in [1.29, 1.82) is 0 Å². The molecule has 1 atom stereocenters. The first-order valence-corrected chi connectivity index (χ1v) is 7.42. The van der Waals surface area contributed by atoms with Crippen LogP contribution < -0.4 is 5.32 Å². The molecular formula is C19H18N2O. The fourth-order valence-electron chi connectivity index (χ4n) is 2.54. The van der Waals surface area contributed by atoms with Gasteiger partial charge in [0.25, 0.3) is 0 Å². The molecule has 3 heteroatoms. The van der Waals surface area contributed by atoms with Crippen molar-refractivity contribution in [3.05, 3.63) is 72.4 Å². The lowest BCUT2D eigenvalue weighted by molar-refractivity contribution is -0.116. The van der Waals surface area contributed by atoms with Gasteiger partial charge in [0.15, 0.2) is 0 Å². The summed E-state index contributed by atoms with van der Waals surface area (Å²) in [6.07, 6.45) is 2.23. The fourth-order valence-corrected chi connectivity index (χ4v) is 2.54. The van der Waals surface area contributed by atoms with Gasteiger partial charge in [0.05, 0.1) is 5.52 Å². The van der Waals surface area contributed by atoms with Crippen molar-refractivity contribution in [2.45, 2.75) is 19.3 Å². The molecule has 0 radical (unpaired) electrons. The van der Waals surface area contributed by atoms with Crippen molar-refractivity contribution >= 4 is 22.5 Å². The highest BCUT2D eigenvalue weighted by Crippen LogP contribution is 2.21. The maximum absolute atomic E-state index is 12.2. The number of rotatable bonds is 4. The Bertz CT molecular complexity index is 784. The van der Waals surface area contributed by atoms with Crippen LogP contribution in [-0.2, 0) is 4.79 Å². The van der Waals surface area contributed by atoms with Crippen LogP contribution in [0, 0.1) is 0 Å². The van der Waals surface area contributed by atoms with Gasteiger partial charge >= 0.3 is 0 Å². The zero-order chi connectivity index (χ0) is 15.4. The van der Waals surface area contributed by atoms with Crippen LogP contribution in [0.3, 0.4) is 0 Å². The Morgan fingerprint density at radius 1 is 1.09 bits per heavy atom. The third-order valence-electron chi connectivity index (χ3n) is 3.75. The van der Waals surface area contributed by atoms with E-state index in [1.165, 1.54) is 5.56 Å². The second-order valence-corrected chi connectivity index (χ2v) is 5.47. The normalized spacial score (nSPS) is 12.0. The van der Waals surface area contributed by atoms with Crippen molar-refractivity contribution in [2.75, 3.05) is 5.32 Å². The minimum Gasteiger partial charge on any atom is -0.326 e. The van der Waals surface area contributed by atoms with Gasteiger partial charge in [-0.3, -0.25) is 9.78 Å². The molecule has 1 aromatic heterocycles. The number of benzene rings is 2. The van der Waals surface area contributed by atoms with Crippen LogP contribution in [0.2, 0.25) is 0 Å². The van der Waals surface area contributed by atoms with Gasteiger partial charge in [-0.1, -0.05) is 43.3 Å². The minimum absolute atomic E-state index is 0.0274. The van der Waals surface area contributed by atoms with E-state index in [2.05, 4.69) is 29.4 Å². The SMILES string of the molecule is CC(CC(=O)Nc1ccc2ncccc2c1)c1ccccc1. The summed E-state index contributed by atoms with van der Waals surface area (Å²) < 4.78 is 0. The number of aromatic nitrogens is 1. The highest BCUT2D eigenvalue weighted by atomic mass is 16.1. The molecule has 0 saturated carbocycles.